The molecule has 0 aromatic carbocycles. The van der Waals surface area contributed by atoms with E-state index in [0.29, 0.717) is 0 Å². The van der Waals surface area contributed by atoms with E-state index in [1.165, 1.54) is 0 Å². The van der Waals surface area contributed by atoms with Crippen molar-refractivity contribution in [2.45, 2.75) is 46.6 Å². The Hall–Kier alpha value is -1.43. The molecule has 0 saturated carbocycles. The van der Waals surface area contributed by atoms with Crippen molar-refractivity contribution in [2.75, 3.05) is 11.9 Å². The summed E-state index contributed by atoms with van der Waals surface area (Å²) in [5.74, 6) is 1.60. The predicted octanol–water partition coefficient (Wildman–Crippen LogP) is 3.90. The maximum atomic E-state index is 4.69. The fraction of sp³-hybridized carbons (Fsp3) is 0.533. The summed E-state index contributed by atoms with van der Waals surface area (Å²) >= 11 is 3.61. The molecule has 0 saturated heterocycles. The zero-order valence-corrected chi connectivity index (χ0v) is 14.4. The Morgan fingerprint density at radius 1 is 1.19 bits per heavy atom. The third-order valence-corrected chi connectivity index (χ3v) is 4.01. The largest absolute Gasteiger partial charge is 0.369 e. The fourth-order valence-electron chi connectivity index (χ4n) is 2.12. The number of aromatic nitrogens is 4. The van der Waals surface area contributed by atoms with Crippen molar-refractivity contribution in [1.29, 1.82) is 0 Å². The minimum Gasteiger partial charge on any atom is -0.369 e. The SMILES string of the molecule is CCCNc1nc(-c2ccnn2CCC)nc(CC)c1Br. The molecule has 114 valence electrons. The van der Waals surface area contributed by atoms with Gasteiger partial charge in [-0.2, -0.15) is 5.10 Å². The summed E-state index contributed by atoms with van der Waals surface area (Å²) in [6, 6.07) is 1.97. The van der Waals surface area contributed by atoms with E-state index < -0.39 is 0 Å². The second kappa shape index (κ2) is 7.54. The van der Waals surface area contributed by atoms with Crippen LogP contribution in [0.1, 0.15) is 39.3 Å². The molecule has 2 aromatic heterocycles. The van der Waals surface area contributed by atoms with Crippen LogP contribution in [-0.4, -0.2) is 26.3 Å². The standard InChI is InChI=1S/C15H22BrN5/c1-4-8-17-15-13(16)11(6-3)19-14(20-15)12-7-9-18-21(12)10-5-2/h7,9H,4-6,8,10H2,1-3H3,(H,17,19,20). The number of anilines is 1. The number of hydrogen-bond donors (Lipinski definition) is 1. The molecular formula is C15H22BrN5. The second-order valence-corrected chi connectivity index (χ2v) is 5.67. The van der Waals surface area contributed by atoms with Crippen molar-refractivity contribution in [3.05, 3.63) is 22.4 Å². The number of nitrogens with one attached hydrogen (secondary N) is 1. The number of nitrogens with zero attached hydrogens (tertiary/aromatic N) is 4. The van der Waals surface area contributed by atoms with E-state index in [2.05, 4.69) is 57.1 Å². The summed E-state index contributed by atoms with van der Waals surface area (Å²) in [5.41, 5.74) is 1.99. The first-order valence-electron chi connectivity index (χ1n) is 7.53. The lowest BCUT2D eigenvalue weighted by molar-refractivity contribution is 0.606. The van der Waals surface area contributed by atoms with Gasteiger partial charge in [-0.3, -0.25) is 4.68 Å². The van der Waals surface area contributed by atoms with Crippen LogP contribution in [0.25, 0.3) is 11.5 Å². The van der Waals surface area contributed by atoms with E-state index in [1.807, 2.05) is 10.7 Å². The minimum atomic E-state index is 0.736. The normalized spacial score (nSPS) is 10.9. The van der Waals surface area contributed by atoms with Gasteiger partial charge in [0.2, 0.25) is 0 Å². The molecule has 1 N–H and O–H groups in total. The van der Waals surface area contributed by atoms with Gasteiger partial charge in [-0.05, 0) is 41.3 Å². The van der Waals surface area contributed by atoms with E-state index in [1.54, 1.807) is 6.20 Å². The molecule has 2 heterocycles. The molecule has 0 aliphatic carbocycles. The average molecular weight is 352 g/mol. The summed E-state index contributed by atoms with van der Waals surface area (Å²) in [7, 11) is 0. The quantitative estimate of drug-likeness (QED) is 0.821. The van der Waals surface area contributed by atoms with Crippen LogP contribution >= 0.6 is 15.9 Å². The topological polar surface area (TPSA) is 55.6 Å². The van der Waals surface area contributed by atoms with Crippen molar-refractivity contribution < 1.29 is 0 Å². The van der Waals surface area contributed by atoms with Crippen molar-refractivity contribution >= 4 is 21.7 Å². The van der Waals surface area contributed by atoms with Crippen LogP contribution in [0, 0.1) is 0 Å². The van der Waals surface area contributed by atoms with Gasteiger partial charge in [0.1, 0.15) is 11.5 Å². The maximum Gasteiger partial charge on any atom is 0.180 e. The summed E-state index contributed by atoms with van der Waals surface area (Å²) in [5, 5.41) is 7.72. The van der Waals surface area contributed by atoms with Crippen molar-refractivity contribution in [3.8, 4) is 11.5 Å². The van der Waals surface area contributed by atoms with Crippen molar-refractivity contribution in [3.63, 3.8) is 0 Å². The molecule has 0 bridgehead atoms. The third-order valence-electron chi connectivity index (χ3n) is 3.18. The highest BCUT2D eigenvalue weighted by Gasteiger charge is 2.14. The molecule has 0 aliphatic rings. The monoisotopic (exact) mass is 351 g/mol. The first-order chi connectivity index (χ1) is 10.2. The van der Waals surface area contributed by atoms with Gasteiger partial charge in [-0.1, -0.05) is 20.8 Å². The van der Waals surface area contributed by atoms with Gasteiger partial charge in [0.15, 0.2) is 5.82 Å². The fourth-order valence-corrected chi connectivity index (χ4v) is 2.71. The predicted molar refractivity (Wildman–Crippen MR) is 89.4 cm³/mol. The zero-order valence-electron chi connectivity index (χ0n) is 12.9. The Balaban J connectivity index is 2.45. The third kappa shape index (κ3) is 3.61. The van der Waals surface area contributed by atoms with E-state index in [9.17, 15) is 0 Å². The van der Waals surface area contributed by atoms with Crippen LogP contribution in [0.3, 0.4) is 0 Å². The summed E-state index contributed by atoms with van der Waals surface area (Å²) in [4.78, 5) is 9.36. The smallest absolute Gasteiger partial charge is 0.180 e. The van der Waals surface area contributed by atoms with Gasteiger partial charge in [-0.15, -0.1) is 0 Å². The highest BCUT2D eigenvalue weighted by molar-refractivity contribution is 9.10. The van der Waals surface area contributed by atoms with E-state index in [4.69, 9.17) is 0 Å². The number of halogens is 1. The molecule has 0 aliphatic heterocycles. The minimum absolute atomic E-state index is 0.736. The first kappa shape index (κ1) is 15.9. The molecule has 0 radical (unpaired) electrons. The van der Waals surface area contributed by atoms with Crippen LogP contribution in [-0.2, 0) is 13.0 Å². The molecule has 5 nitrogen and oxygen atoms in total. The van der Waals surface area contributed by atoms with E-state index >= 15 is 0 Å². The highest BCUT2D eigenvalue weighted by Crippen LogP contribution is 2.27. The average Bonchev–Trinajstić information content (AvgIpc) is 2.95. The van der Waals surface area contributed by atoms with Crippen molar-refractivity contribution in [1.82, 2.24) is 19.7 Å². The first-order valence-corrected chi connectivity index (χ1v) is 8.32. The van der Waals surface area contributed by atoms with Gasteiger partial charge in [-0.25, -0.2) is 9.97 Å². The molecule has 2 rings (SSSR count). The van der Waals surface area contributed by atoms with Crippen LogP contribution < -0.4 is 5.32 Å². The molecule has 21 heavy (non-hydrogen) atoms. The lowest BCUT2D eigenvalue weighted by Crippen LogP contribution is -2.09. The number of rotatable bonds is 7. The molecule has 6 heteroatoms. The summed E-state index contributed by atoms with van der Waals surface area (Å²) in [6.45, 7) is 8.15. The molecule has 0 atom stereocenters. The van der Waals surface area contributed by atoms with Crippen LogP contribution in [0.5, 0.6) is 0 Å². The Bertz CT molecular complexity index is 594. The molecule has 0 amide bonds. The molecular weight excluding hydrogens is 330 g/mol. The lowest BCUT2D eigenvalue weighted by atomic mass is 10.3. The van der Waals surface area contributed by atoms with E-state index in [0.717, 1.165) is 59.9 Å². The van der Waals surface area contributed by atoms with Gasteiger partial charge in [0.05, 0.1) is 10.2 Å². The van der Waals surface area contributed by atoms with Gasteiger partial charge in [0.25, 0.3) is 0 Å². The summed E-state index contributed by atoms with van der Waals surface area (Å²) < 4.78 is 2.93. The molecule has 0 fully saturated rings. The Morgan fingerprint density at radius 3 is 2.67 bits per heavy atom. The zero-order chi connectivity index (χ0) is 15.2. The van der Waals surface area contributed by atoms with Gasteiger partial charge < -0.3 is 5.32 Å². The number of hydrogen-bond acceptors (Lipinski definition) is 4. The summed E-state index contributed by atoms with van der Waals surface area (Å²) in [6.07, 6.45) is 4.76. The van der Waals surface area contributed by atoms with Crippen LogP contribution in [0.4, 0.5) is 5.82 Å². The lowest BCUT2D eigenvalue weighted by Gasteiger charge is -2.12. The second-order valence-electron chi connectivity index (χ2n) is 4.88. The van der Waals surface area contributed by atoms with Crippen molar-refractivity contribution in [2.24, 2.45) is 0 Å². The molecule has 0 spiro atoms. The van der Waals surface area contributed by atoms with Gasteiger partial charge >= 0.3 is 0 Å². The maximum absolute atomic E-state index is 4.69. The molecule has 2 aromatic rings. The number of aryl methyl sites for hydroxylation is 2. The highest BCUT2D eigenvalue weighted by atomic mass is 79.9. The van der Waals surface area contributed by atoms with Crippen LogP contribution in [0.15, 0.2) is 16.7 Å². The Morgan fingerprint density at radius 2 is 2.00 bits per heavy atom. The Labute approximate surface area is 134 Å². The van der Waals surface area contributed by atoms with Crippen LogP contribution in [0.2, 0.25) is 0 Å². The van der Waals surface area contributed by atoms with E-state index in [-0.39, 0.29) is 0 Å². The molecule has 0 unspecified atom stereocenters. The Kier molecular flexibility index (Phi) is 5.73. The van der Waals surface area contributed by atoms with Gasteiger partial charge in [0, 0.05) is 19.3 Å².